The number of piperidine rings is 1. The number of aryl methyl sites for hydroxylation is 1. The van der Waals surface area contributed by atoms with E-state index in [1.54, 1.807) is 6.07 Å². The van der Waals surface area contributed by atoms with Gasteiger partial charge in [0.1, 0.15) is 18.2 Å². The van der Waals surface area contributed by atoms with Crippen molar-refractivity contribution in [2.75, 3.05) is 19.7 Å². The van der Waals surface area contributed by atoms with Crippen molar-refractivity contribution >= 4 is 5.97 Å². The van der Waals surface area contributed by atoms with Crippen molar-refractivity contribution in [2.24, 2.45) is 5.92 Å². The number of halogens is 1. The Morgan fingerprint density at radius 1 is 0.974 bits per heavy atom. The van der Waals surface area contributed by atoms with Crippen molar-refractivity contribution in [1.82, 2.24) is 4.90 Å². The van der Waals surface area contributed by atoms with Gasteiger partial charge in [-0.1, -0.05) is 48.5 Å². The lowest BCUT2D eigenvalue weighted by Crippen LogP contribution is -2.49. The Kier molecular flexibility index (Phi) is 8.95. The Morgan fingerprint density at radius 3 is 2.41 bits per heavy atom. The molecule has 0 bridgehead atoms. The summed E-state index contributed by atoms with van der Waals surface area (Å²) in [4.78, 5) is 13.2. The average molecular weight is 532 g/mol. The van der Waals surface area contributed by atoms with Gasteiger partial charge in [-0.3, -0.25) is 9.69 Å². The smallest absolute Gasteiger partial charge is 0.303 e. The van der Waals surface area contributed by atoms with Gasteiger partial charge in [0, 0.05) is 32.7 Å². The van der Waals surface area contributed by atoms with Crippen LogP contribution in [0.2, 0.25) is 0 Å². The lowest BCUT2D eigenvalue weighted by molar-refractivity contribution is -0.136. The fourth-order valence-electron chi connectivity index (χ4n) is 5.94. The summed E-state index contributed by atoms with van der Waals surface area (Å²) in [5.74, 6) is 0.401. The number of nitrogens with zero attached hydrogens (tertiary/aromatic N) is 1. The molecule has 2 fully saturated rings. The lowest BCUT2D eigenvalue weighted by atomic mass is 9.77. The van der Waals surface area contributed by atoms with Crippen molar-refractivity contribution < 1.29 is 23.8 Å². The normalized spacial score (nSPS) is 19.2. The second kappa shape index (κ2) is 12.8. The molecule has 0 aliphatic carbocycles. The summed E-state index contributed by atoms with van der Waals surface area (Å²) in [5, 5.41) is 8.82. The van der Waals surface area contributed by atoms with Gasteiger partial charge in [0.2, 0.25) is 0 Å². The predicted octanol–water partition coefficient (Wildman–Crippen LogP) is 6.43. The molecule has 3 aromatic rings. The molecule has 5 nitrogen and oxygen atoms in total. The number of carboxylic acid groups (broad SMARTS) is 1. The number of aliphatic carboxylic acids is 1. The van der Waals surface area contributed by atoms with Gasteiger partial charge in [0.15, 0.2) is 0 Å². The van der Waals surface area contributed by atoms with Crippen LogP contribution in [-0.4, -0.2) is 41.3 Å². The van der Waals surface area contributed by atoms with E-state index in [1.165, 1.54) is 11.6 Å². The van der Waals surface area contributed by atoms with Crippen LogP contribution in [0, 0.1) is 11.7 Å². The highest BCUT2D eigenvalue weighted by Gasteiger charge is 2.40. The van der Waals surface area contributed by atoms with Gasteiger partial charge in [0.25, 0.3) is 0 Å². The fourth-order valence-corrected chi connectivity index (χ4v) is 5.94. The number of hydrogen-bond donors (Lipinski definition) is 1. The molecule has 1 atom stereocenters. The summed E-state index contributed by atoms with van der Waals surface area (Å²) in [6.07, 6.45) is 5.81. The Hall–Kier alpha value is -3.22. The SMILES string of the molecule is O=C(O)CCc1ccc(OCc2ccc(CN3CCC4(CC3)CC(Cc3cccc(F)c3)CCO4)cc2)cc1. The van der Waals surface area contributed by atoms with Crippen LogP contribution in [0.25, 0.3) is 0 Å². The minimum atomic E-state index is -0.784. The summed E-state index contributed by atoms with van der Waals surface area (Å²) < 4.78 is 25.9. The van der Waals surface area contributed by atoms with Crippen LogP contribution in [0.4, 0.5) is 4.39 Å². The second-order valence-electron chi connectivity index (χ2n) is 11.1. The average Bonchev–Trinajstić information content (AvgIpc) is 2.94. The summed E-state index contributed by atoms with van der Waals surface area (Å²) in [6.45, 7) is 4.29. The van der Waals surface area contributed by atoms with Crippen LogP contribution in [0.15, 0.2) is 72.8 Å². The first kappa shape index (κ1) is 27.4. The molecule has 0 aromatic heterocycles. The van der Waals surface area contributed by atoms with Crippen LogP contribution in [-0.2, 0) is 35.5 Å². The molecular formula is C33H38FNO4. The standard InChI is InChI=1S/C33H38FNO4/c34-30-3-1-2-28(21-30)20-29-14-19-39-33(22-29)15-17-35(18-16-33)23-26-4-6-27(7-5-26)24-38-31-11-8-25(9-12-31)10-13-32(36)37/h1-9,11-12,21,29H,10,13-20,22-24H2,(H,36,37). The Labute approximate surface area is 230 Å². The molecule has 2 aliphatic heterocycles. The summed E-state index contributed by atoms with van der Waals surface area (Å²) in [6, 6.07) is 23.3. The van der Waals surface area contributed by atoms with E-state index < -0.39 is 5.97 Å². The highest BCUT2D eigenvalue weighted by atomic mass is 19.1. The molecule has 6 heteroatoms. The summed E-state index contributed by atoms with van der Waals surface area (Å²) in [5.41, 5.74) is 4.48. The molecule has 0 amide bonds. The molecule has 1 spiro atoms. The maximum absolute atomic E-state index is 13.6. The van der Waals surface area contributed by atoms with E-state index in [0.29, 0.717) is 18.9 Å². The van der Waals surface area contributed by atoms with E-state index in [-0.39, 0.29) is 17.8 Å². The number of benzene rings is 3. The Morgan fingerprint density at radius 2 is 1.69 bits per heavy atom. The van der Waals surface area contributed by atoms with Gasteiger partial charge in [-0.15, -0.1) is 0 Å². The number of likely N-dealkylation sites (tertiary alicyclic amines) is 1. The largest absolute Gasteiger partial charge is 0.489 e. The number of ether oxygens (including phenoxy) is 2. The van der Waals surface area contributed by atoms with Crippen molar-refractivity contribution in [2.45, 2.75) is 63.7 Å². The second-order valence-corrected chi connectivity index (χ2v) is 11.1. The molecular weight excluding hydrogens is 493 g/mol. The van der Waals surface area contributed by atoms with Gasteiger partial charge < -0.3 is 14.6 Å². The molecule has 206 valence electrons. The zero-order chi connectivity index (χ0) is 27.1. The van der Waals surface area contributed by atoms with E-state index in [1.807, 2.05) is 36.4 Å². The van der Waals surface area contributed by atoms with Crippen LogP contribution < -0.4 is 4.74 Å². The summed E-state index contributed by atoms with van der Waals surface area (Å²) in [7, 11) is 0. The molecule has 1 N–H and O–H groups in total. The van der Waals surface area contributed by atoms with Gasteiger partial charge in [-0.25, -0.2) is 4.39 Å². The van der Waals surface area contributed by atoms with E-state index in [4.69, 9.17) is 14.6 Å². The van der Waals surface area contributed by atoms with Crippen LogP contribution >= 0.6 is 0 Å². The van der Waals surface area contributed by atoms with Crippen molar-refractivity contribution in [3.05, 3.63) is 101 Å². The van der Waals surface area contributed by atoms with Crippen molar-refractivity contribution in [3.63, 3.8) is 0 Å². The lowest BCUT2D eigenvalue weighted by Gasteiger charge is -2.46. The summed E-state index contributed by atoms with van der Waals surface area (Å²) >= 11 is 0. The Bertz CT molecular complexity index is 1220. The molecule has 2 saturated heterocycles. The molecule has 2 aliphatic rings. The third-order valence-electron chi connectivity index (χ3n) is 8.16. The maximum Gasteiger partial charge on any atom is 0.303 e. The molecule has 0 radical (unpaired) electrons. The first-order valence-electron chi connectivity index (χ1n) is 14.1. The van der Waals surface area contributed by atoms with E-state index in [0.717, 1.165) is 80.8 Å². The maximum atomic E-state index is 13.6. The molecule has 5 rings (SSSR count). The molecule has 2 heterocycles. The van der Waals surface area contributed by atoms with E-state index in [2.05, 4.69) is 29.2 Å². The molecule has 0 saturated carbocycles. The monoisotopic (exact) mass is 531 g/mol. The zero-order valence-corrected chi connectivity index (χ0v) is 22.5. The number of carboxylic acids is 1. The number of carbonyl (C=O) groups is 1. The van der Waals surface area contributed by atoms with Crippen LogP contribution in [0.1, 0.15) is 54.4 Å². The third-order valence-corrected chi connectivity index (χ3v) is 8.16. The molecule has 39 heavy (non-hydrogen) atoms. The highest BCUT2D eigenvalue weighted by Crippen LogP contribution is 2.39. The topological polar surface area (TPSA) is 59.0 Å². The quantitative estimate of drug-likeness (QED) is 0.327. The third kappa shape index (κ3) is 7.90. The minimum absolute atomic E-state index is 0.0254. The van der Waals surface area contributed by atoms with Crippen LogP contribution in [0.3, 0.4) is 0 Å². The number of hydrogen-bond acceptors (Lipinski definition) is 4. The van der Waals surface area contributed by atoms with E-state index >= 15 is 0 Å². The zero-order valence-electron chi connectivity index (χ0n) is 22.5. The highest BCUT2D eigenvalue weighted by molar-refractivity contribution is 5.67. The predicted molar refractivity (Wildman–Crippen MR) is 149 cm³/mol. The Balaban J connectivity index is 1.06. The molecule has 3 aromatic carbocycles. The first-order chi connectivity index (χ1) is 18.9. The van der Waals surface area contributed by atoms with Gasteiger partial charge in [-0.2, -0.15) is 0 Å². The van der Waals surface area contributed by atoms with E-state index in [9.17, 15) is 9.18 Å². The van der Waals surface area contributed by atoms with Gasteiger partial charge >= 0.3 is 5.97 Å². The van der Waals surface area contributed by atoms with Gasteiger partial charge in [0.05, 0.1) is 5.60 Å². The van der Waals surface area contributed by atoms with Gasteiger partial charge in [-0.05, 0) is 91.0 Å². The van der Waals surface area contributed by atoms with Crippen molar-refractivity contribution in [3.8, 4) is 5.75 Å². The molecule has 1 unspecified atom stereocenters. The minimum Gasteiger partial charge on any atom is -0.489 e. The number of rotatable bonds is 10. The fraction of sp³-hybridized carbons (Fsp3) is 0.424. The first-order valence-corrected chi connectivity index (χ1v) is 14.1. The van der Waals surface area contributed by atoms with Crippen molar-refractivity contribution in [1.29, 1.82) is 0 Å². The van der Waals surface area contributed by atoms with Crippen LogP contribution in [0.5, 0.6) is 5.75 Å².